The number of aliphatic hydroxyl groups is 2. The summed E-state index contributed by atoms with van der Waals surface area (Å²) in [6.07, 6.45) is 0.334. The molecule has 4 N–H and O–H groups in total. The van der Waals surface area contributed by atoms with Crippen LogP contribution in [-0.2, 0) is 12.8 Å². The summed E-state index contributed by atoms with van der Waals surface area (Å²) in [5, 5.41) is 39.4. The monoisotopic (exact) mass is 410 g/mol. The first kappa shape index (κ1) is 19.4. The first-order valence-electron chi connectivity index (χ1n) is 6.95. The van der Waals surface area contributed by atoms with E-state index in [1.165, 1.54) is 12.1 Å². The normalized spacial score (nSPS) is 11.1. The molecule has 0 aliphatic rings. The van der Waals surface area contributed by atoms with Crippen molar-refractivity contribution >= 4 is 46.4 Å². The first-order chi connectivity index (χ1) is 11.3. The SMILES string of the molecule is OCCc1c(Cl)cc(O)c(-c2c(O)cc(Cl)c(CCO)c2Cl)c1Cl. The number of aromatic hydroxyl groups is 2. The van der Waals surface area contributed by atoms with Crippen molar-refractivity contribution in [3.05, 3.63) is 43.4 Å². The highest BCUT2D eigenvalue weighted by Gasteiger charge is 2.24. The van der Waals surface area contributed by atoms with Gasteiger partial charge in [0.15, 0.2) is 0 Å². The van der Waals surface area contributed by atoms with Gasteiger partial charge in [-0.3, -0.25) is 0 Å². The Morgan fingerprint density at radius 1 is 0.667 bits per heavy atom. The van der Waals surface area contributed by atoms with Crippen LogP contribution in [0.5, 0.6) is 11.5 Å². The van der Waals surface area contributed by atoms with Crippen molar-refractivity contribution < 1.29 is 20.4 Å². The summed E-state index contributed by atoms with van der Waals surface area (Å²) in [5.41, 5.74) is 1.01. The summed E-state index contributed by atoms with van der Waals surface area (Å²) in [7, 11) is 0. The molecule has 0 radical (unpaired) electrons. The van der Waals surface area contributed by atoms with E-state index in [0.717, 1.165) is 0 Å². The molecular weight excluding hydrogens is 398 g/mol. The van der Waals surface area contributed by atoms with Crippen molar-refractivity contribution in [1.82, 2.24) is 0 Å². The van der Waals surface area contributed by atoms with Crippen LogP contribution in [0, 0.1) is 0 Å². The second-order valence-electron chi connectivity index (χ2n) is 5.04. The topological polar surface area (TPSA) is 80.9 Å². The highest BCUT2D eigenvalue weighted by atomic mass is 35.5. The third kappa shape index (κ3) is 3.54. The fourth-order valence-electron chi connectivity index (χ4n) is 2.45. The van der Waals surface area contributed by atoms with E-state index in [2.05, 4.69) is 0 Å². The van der Waals surface area contributed by atoms with Gasteiger partial charge in [-0.2, -0.15) is 0 Å². The van der Waals surface area contributed by atoms with Gasteiger partial charge in [0.25, 0.3) is 0 Å². The Morgan fingerprint density at radius 2 is 1.00 bits per heavy atom. The molecule has 0 aliphatic carbocycles. The fourth-order valence-corrected chi connectivity index (χ4v) is 3.91. The maximum atomic E-state index is 10.3. The molecule has 0 spiro atoms. The lowest BCUT2D eigenvalue weighted by Crippen LogP contribution is -1.99. The molecule has 8 heteroatoms. The largest absolute Gasteiger partial charge is 0.507 e. The summed E-state index contributed by atoms with van der Waals surface area (Å²) < 4.78 is 0. The lowest BCUT2D eigenvalue weighted by molar-refractivity contribution is 0.299. The maximum absolute atomic E-state index is 10.3. The number of benzene rings is 2. The Kier molecular flexibility index (Phi) is 6.48. The van der Waals surface area contributed by atoms with Crippen molar-refractivity contribution in [3.63, 3.8) is 0 Å². The van der Waals surface area contributed by atoms with Crippen LogP contribution >= 0.6 is 46.4 Å². The van der Waals surface area contributed by atoms with Gasteiger partial charge in [-0.1, -0.05) is 46.4 Å². The van der Waals surface area contributed by atoms with Crippen LogP contribution in [0.25, 0.3) is 11.1 Å². The van der Waals surface area contributed by atoms with Crippen LogP contribution in [0.15, 0.2) is 12.1 Å². The highest BCUT2D eigenvalue weighted by Crippen LogP contribution is 2.49. The molecule has 2 aromatic rings. The van der Waals surface area contributed by atoms with Crippen LogP contribution in [0.4, 0.5) is 0 Å². The van der Waals surface area contributed by atoms with Crippen LogP contribution in [0.3, 0.4) is 0 Å². The molecule has 0 atom stereocenters. The van der Waals surface area contributed by atoms with Crippen LogP contribution in [-0.4, -0.2) is 33.6 Å². The quantitative estimate of drug-likeness (QED) is 0.585. The van der Waals surface area contributed by atoms with E-state index in [1.807, 2.05) is 0 Å². The van der Waals surface area contributed by atoms with Gasteiger partial charge in [0.1, 0.15) is 11.5 Å². The van der Waals surface area contributed by atoms with Crippen molar-refractivity contribution in [2.75, 3.05) is 13.2 Å². The minimum Gasteiger partial charge on any atom is -0.507 e. The summed E-state index contributed by atoms with van der Waals surface area (Å²) >= 11 is 24.8. The molecule has 2 aromatic carbocycles. The molecule has 0 unspecified atom stereocenters. The third-order valence-electron chi connectivity index (χ3n) is 3.56. The van der Waals surface area contributed by atoms with Gasteiger partial charge in [0, 0.05) is 34.4 Å². The number of rotatable bonds is 5. The van der Waals surface area contributed by atoms with Crippen LogP contribution in [0.1, 0.15) is 11.1 Å². The Bertz CT molecular complexity index is 712. The molecule has 0 fully saturated rings. The van der Waals surface area contributed by atoms with Crippen molar-refractivity contribution in [1.29, 1.82) is 0 Å². The predicted octanol–water partition coefficient (Wildman–Crippen LogP) is 4.45. The Labute approximate surface area is 158 Å². The van der Waals surface area contributed by atoms with Gasteiger partial charge in [-0.15, -0.1) is 0 Å². The van der Waals surface area contributed by atoms with E-state index in [0.29, 0.717) is 11.1 Å². The number of halogens is 4. The molecule has 130 valence electrons. The standard InChI is InChI=1S/C16H14Cl4O4/c17-9-5-11(23)13(15(19)7(9)1-3-21)14-12(24)6-10(18)8(2-4-22)16(14)20/h5-6,21-24H,1-4H2. The van der Waals surface area contributed by atoms with Gasteiger partial charge in [0.2, 0.25) is 0 Å². The van der Waals surface area contributed by atoms with E-state index in [-0.39, 0.29) is 68.8 Å². The average Bonchev–Trinajstić information content (AvgIpc) is 2.50. The Balaban J connectivity index is 2.82. The predicted molar refractivity (Wildman–Crippen MR) is 96.8 cm³/mol. The zero-order chi connectivity index (χ0) is 18.0. The lowest BCUT2D eigenvalue weighted by atomic mass is 9.96. The molecule has 0 aliphatic heterocycles. The molecule has 0 heterocycles. The van der Waals surface area contributed by atoms with E-state index in [9.17, 15) is 10.2 Å². The number of hydrogen-bond acceptors (Lipinski definition) is 4. The number of hydrogen-bond donors (Lipinski definition) is 4. The van der Waals surface area contributed by atoms with Gasteiger partial charge in [-0.25, -0.2) is 0 Å². The van der Waals surface area contributed by atoms with E-state index >= 15 is 0 Å². The van der Waals surface area contributed by atoms with Gasteiger partial charge >= 0.3 is 0 Å². The fraction of sp³-hybridized carbons (Fsp3) is 0.250. The summed E-state index contributed by atoms with van der Waals surface area (Å²) in [4.78, 5) is 0. The van der Waals surface area contributed by atoms with Gasteiger partial charge in [0.05, 0.1) is 10.0 Å². The Hall–Kier alpha value is -0.880. The summed E-state index contributed by atoms with van der Waals surface area (Å²) in [5.74, 6) is -0.553. The molecule has 24 heavy (non-hydrogen) atoms. The molecule has 0 amide bonds. The first-order valence-corrected chi connectivity index (χ1v) is 8.46. The van der Waals surface area contributed by atoms with Crippen molar-refractivity contribution in [3.8, 4) is 22.6 Å². The van der Waals surface area contributed by atoms with E-state index in [1.54, 1.807) is 0 Å². The lowest BCUT2D eigenvalue weighted by Gasteiger charge is -2.18. The zero-order valence-corrected chi connectivity index (χ0v) is 15.3. The minimum absolute atomic E-state index is 0.0727. The van der Waals surface area contributed by atoms with Crippen LogP contribution < -0.4 is 0 Å². The Morgan fingerprint density at radius 3 is 1.29 bits per heavy atom. The zero-order valence-electron chi connectivity index (χ0n) is 12.3. The maximum Gasteiger partial charge on any atom is 0.126 e. The second kappa shape index (κ2) is 8.00. The third-order valence-corrected chi connectivity index (χ3v) is 5.07. The molecule has 2 rings (SSSR count). The molecule has 4 nitrogen and oxygen atoms in total. The average molecular weight is 412 g/mol. The summed E-state index contributed by atoms with van der Waals surface area (Å²) in [6.45, 7) is -0.389. The highest BCUT2D eigenvalue weighted by molar-refractivity contribution is 6.41. The van der Waals surface area contributed by atoms with Gasteiger partial charge < -0.3 is 20.4 Å². The molecule has 0 bridgehead atoms. The molecule has 0 saturated carbocycles. The van der Waals surface area contributed by atoms with Gasteiger partial charge in [-0.05, 0) is 36.1 Å². The van der Waals surface area contributed by atoms with Crippen molar-refractivity contribution in [2.45, 2.75) is 12.8 Å². The minimum atomic E-state index is -0.277. The smallest absolute Gasteiger partial charge is 0.126 e. The number of phenolic OH excluding ortho intramolecular Hbond substituents is 2. The molecule has 0 aromatic heterocycles. The second-order valence-corrected chi connectivity index (χ2v) is 6.61. The molecule has 0 saturated heterocycles. The van der Waals surface area contributed by atoms with Crippen LogP contribution in [0.2, 0.25) is 20.1 Å². The van der Waals surface area contributed by atoms with E-state index < -0.39 is 0 Å². The molecular formula is C16H14Cl4O4. The number of aliphatic hydroxyl groups excluding tert-OH is 2. The number of phenols is 2. The van der Waals surface area contributed by atoms with Crippen molar-refractivity contribution in [2.24, 2.45) is 0 Å². The summed E-state index contributed by atoms with van der Waals surface area (Å²) in [6, 6.07) is 2.54. The van der Waals surface area contributed by atoms with E-state index in [4.69, 9.17) is 56.6 Å².